The molecular formula is C7H10O4. The Morgan fingerprint density at radius 3 is 2.18 bits per heavy atom. The Balaban J connectivity index is 2.47. The number of carbonyl (C=O) groups is 2. The van der Waals surface area contributed by atoms with Gasteiger partial charge in [0.1, 0.15) is 6.10 Å². The van der Waals surface area contributed by atoms with Gasteiger partial charge in [-0.2, -0.15) is 0 Å². The third kappa shape index (κ3) is 1.77. The van der Waals surface area contributed by atoms with Gasteiger partial charge < -0.3 is 9.84 Å². The average molecular weight is 158 g/mol. The van der Waals surface area contributed by atoms with E-state index in [1.807, 2.05) is 0 Å². The SMILES string of the molecule is CC(=O)C1CCC(C(=O)O)O1. The highest BCUT2D eigenvalue weighted by Crippen LogP contribution is 2.20. The van der Waals surface area contributed by atoms with E-state index in [1.54, 1.807) is 0 Å². The minimum absolute atomic E-state index is 0.0891. The number of ketones is 1. The lowest BCUT2D eigenvalue weighted by Crippen LogP contribution is -2.23. The lowest BCUT2D eigenvalue weighted by atomic mass is 10.1. The van der Waals surface area contributed by atoms with Crippen molar-refractivity contribution in [2.24, 2.45) is 0 Å². The highest BCUT2D eigenvalue weighted by Gasteiger charge is 2.32. The van der Waals surface area contributed by atoms with E-state index in [1.165, 1.54) is 6.92 Å². The number of rotatable bonds is 2. The van der Waals surface area contributed by atoms with Crippen molar-refractivity contribution in [3.63, 3.8) is 0 Å². The number of carbonyl (C=O) groups excluding carboxylic acids is 1. The van der Waals surface area contributed by atoms with Gasteiger partial charge in [-0.1, -0.05) is 0 Å². The van der Waals surface area contributed by atoms with Gasteiger partial charge >= 0.3 is 5.97 Å². The zero-order valence-electron chi connectivity index (χ0n) is 6.24. The van der Waals surface area contributed by atoms with Gasteiger partial charge in [-0.05, 0) is 19.8 Å². The van der Waals surface area contributed by atoms with E-state index < -0.39 is 18.2 Å². The van der Waals surface area contributed by atoms with Crippen molar-refractivity contribution in [3.05, 3.63) is 0 Å². The minimum atomic E-state index is -0.978. The molecule has 2 unspecified atom stereocenters. The van der Waals surface area contributed by atoms with Crippen LogP contribution in [-0.4, -0.2) is 29.1 Å². The Bertz CT molecular complexity index is 167. The second-order valence-corrected chi connectivity index (χ2v) is 2.64. The van der Waals surface area contributed by atoms with Gasteiger partial charge in [-0.15, -0.1) is 0 Å². The molecule has 0 aliphatic carbocycles. The maximum absolute atomic E-state index is 10.7. The number of carboxylic acid groups (broad SMARTS) is 1. The number of ether oxygens (including phenoxy) is 1. The lowest BCUT2D eigenvalue weighted by Gasteiger charge is -2.05. The number of hydrogen-bond donors (Lipinski definition) is 1. The van der Waals surface area contributed by atoms with E-state index in [0.717, 1.165) is 0 Å². The molecule has 1 aliphatic heterocycles. The van der Waals surface area contributed by atoms with E-state index in [2.05, 4.69) is 0 Å². The van der Waals surface area contributed by atoms with Crippen LogP contribution in [0.25, 0.3) is 0 Å². The Morgan fingerprint density at radius 2 is 1.91 bits per heavy atom. The van der Waals surface area contributed by atoms with Gasteiger partial charge in [0.05, 0.1) is 0 Å². The molecule has 4 nitrogen and oxygen atoms in total. The molecule has 1 fully saturated rings. The average Bonchev–Trinajstić information content (AvgIpc) is 2.33. The van der Waals surface area contributed by atoms with E-state index >= 15 is 0 Å². The lowest BCUT2D eigenvalue weighted by molar-refractivity contribution is -0.151. The Hall–Kier alpha value is -0.900. The van der Waals surface area contributed by atoms with Gasteiger partial charge in [0.25, 0.3) is 0 Å². The van der Waals surface area contributed by atoms with E-state index in [4.69, 9.17) is 9.84 Å². The Labute approximate surface area is 64.2 Å². The third-order valence-electron chi connectivity index (χ3n) is 1.75. The molecule has 0 bridgehead atoms. The molecule has 0 aromatic rings. The number of aliphatic carboxylic acids is 1. The van der Waals surface area contributed by atoms with Crippen molar-refractivity contribution in [2.45, 2.75) is 32.0 Å². The molecule has 1 heterocycles. The quantitative estimate of drug-likeness (QED) is 0.623. The van der Waals surface area contributed by atoms with Crippen LogP contribution in [0, 0.1) is 0 Å². The van der Waals surface area contributed by atoms with Crippen LogP contribution in [0.15, 0.2) is 0 Å². The van der Waals surface area contributed by atoms with Crippen LogP contribution in [0.1, 0.15) is 19.8 Å². The second kappa shape index (κ2) is 3.00. The molecule has 0 radical (unpaired) electrons. The van der Waals surface area contributed by atoms with Crippen LogP contribution < -0.4 is 0 Å². The predicted octanol–water partition coefficient (Wildman–Crippen LogP) is 0.208. The molecule has 1 rings (SSSR count). The molecule has 0 saturated carbocycles. The standard InChI is InChI=1S/C7H10O4/c1-4(8)5-2-3-6(11-5)7(9)10/h5-6H,2-3H2,1H3,(H,9,10). The van der Waals surface area contributed by atoms with Gasteiger partial charge in [0, 0.05) is 0 Å². The number of Topliss-reactive ketones (excluding diaryl/α,β-unsaturated/α-hetero) is 1. The molecule has 11 heavy (non-hydrogen) atoms. The highest BCUT2D eigenvalue weighted by molar-refractivity contribution is 5.82. The highest BCUT2D eigenvalue weighted by atomic mass is 16.5. The van der Waals surface area contributed by atoms with E-state index in [9.17, 15) is 9.59 Å². The molecule has 0 amide bonds. The summed E-state index contributed by atoms with van der Waals surface area (Å²) in [6.45, 7) is 1.41. The summed E-state index contributed by atoms with van der Waals surface area (Å²) in [5.41, 5.74) is 0. The summed E-state index contributed by atoms with van der Waals surface area (Å²) in [7, 11) is 0. The molecule has 1 N–H and O–H groups in total. The number of carboxylic acids is 1. The van der Waals surface area contributed by atoms with Crippen molar-refractivity contribution < 1.29 is 19.4 Å². The Morgan fingerprint density at radius 1 is 1.36 bits per heavy atom. The fourth-order valence-corrected chi connectivity index (χ4v) is 1.12. The molecule has 0 aromatic heterocycles. The maximum atomic E-state index is 10.7. The maximum Gasteiger partial charge on any atom is 0.332 e. The summed E-state index contributed by atoms with van der Waals surface area (Å²) in [6.07, 6.45) is -0.286. The summed E-state index contributed by atoms with van der Waals surface area (Å²) < 4.78 is 4.94. The first kappa shape index (κ1) is 8.20. The summed E-state index contributed by atoms with van der Waals surface area (Å²) in [6, 6.07) is 0. The van der Waals surface area contributed by atoms with Crippen LogP contribution in [0.4, 0.5) is 0 Å². The monoisotopic (exact) mass is 158 g/mol. The molecular weight excluding hydrogens is 148 g/mol. The smallest absolute Gasteiger partial charge is 0.332 e. The zero-order valence-corrected chi connectivity index (χ0v) is 6.24. The van der Waals surface area contributed by atoms with Crippen molar-refractivity contribution in [3.8, 4) is 0 Å². The number of hydrogen-bond acceptors (Lipinski definition) is 3. The third-order valence-corrected chi connectivity index (χ3v) is 1.75. The largest absolute Gasteiger partial charge is 0.479 e. The molecule has 2 atom stereocenters. The fourth-order valence-electron chi connectivity index (χ4n) is 1.12. The van der Waals surface area contributed by atoms with Crippen molar-refractivity contribution in [2.75, 3.05) is 0 Å². The molecule has 4 heteroatoms. The summed E-state index contributed by atoms with van der Waals surface area (Å²) in [4.78, 5) is 21.0. The summed E-state index contributed by atoms with van der Waals surface area (Å²) in [5, 5.41) is 8.48. The predicted molar refractivity (Wildman–Crippen MR) is 36.2 cm³/mol. The first-order valence-corrected chi connectivity index (χ1v) is 3.50. The van der Waals surface area contributed by atoms with Crippen LogP contribution >= 0.6 is 0 Å². The van der Waals surface area contributed by atoms with Crippen LogP contribution in [0.5, 0.6) is 0 Å². The fraction of sp³-hybridized carbons (Fsp3) is 0.714. The van der Waals surface area contributed by atoms with E-state index in [-0.39, 0.29) is 5.78 Å². The van der Waals surface area contributed by atoms with Gasteiger partial charge in [0.15, 0.2) is 11.9 Å². The van der Waals surface area contributed by atoms with Gasteiger partial charge in [0.2, 0.25) is 0 Å². The minimum Gasteiger partial charge on any atom is -0.479 e. The molecule has 0 aromatic carbocycles. The molecule has 1 aliphatic rings. The second-order valence-electron chi connectivity index (χ2n) is 2.64. The normalized spacial score (nSPS) is 30.3. The van der Waals surface area contributed by atoms with Crippen molar-refractivity contribution in [1.29, 1.82) is 0 Å². The Kier molecular flexibility index (Phi) is 2.24. The zero-order chi connectivity index (χ0) is 8.43. The molecule has 1 saturated heterocycles. The van der Waals surface area contributed by atoms with Crippen molar-refractivity contribution >= 4 is 11.8 Å². The van der Waals surface area contributed by atoms with Crippen LogP contribution in [0.3, 0.4) is 0 Å². The van der Waals surface area contributed by atoms with Crippen LogP contribution in [0.2, 0.25) is 0 Å². The van der Waals surface area contributed by atoms with E-state index in [0.29, 0.717) is 12.8 Å². The van der Waals surface area contributed by atoms with Crippen molar-refractivity contribution in [1.82, 2.24) is 0 Å². The summed E-state index contributed by atoms with van der Waals surface area (Å²) >= 11 is 0. The first-order chi connectivity index (χ1) is 5.11. The molecule has 62 valence electrons. The van der Waals surface area contributed by atoms with Crippen LogP contribution in [-0.2, 0) is 14.3 Å². The molecule has 0 spiro atoms. The van der Waals surface area contributed by atoms with Gasteiger partial charge in [-0.25, -0.2) is 4.79 Å². The van der Waals surface area contributed by atoms with Gasteiger partial charge in [-0.3, -0.25) is 4.79 Å². The topological polar surface area (TPSA) is 63.6 Å². The first-order valence-electron chi connectivity index (χ1n) is 3.50. The summed E-state index contributed by atoms with van der Waals surface area (Å²) in [5.74, 6) is -1.07.